The Labute approximate surface area is 120 Å². The lowest BCUT2D eigenvalue weighted by molar-refractivity contribution is -0.143. The van der Waals surface area contributed by atoms with E-state index < -0.39 is 5.97 Å². The Hall–Kier alpha value is -1.30. The van der Waals surface area contributed by atoms with Gasteiger partial charge in [-0.3, -0.25) is 4.79 Å². The Morgan fingerprint density at radius 3 is 2.10 bits per heavy atom. The maximum atomic E-state index is 12.4. The zero-order valence-electron chi connectivity index (χ0n) is 12.4. The Morgan fingerprint density at radius 2 is 1.60 bits per heavy atom. The quantitative estimate of drug-likeness (QED) is 0.819. The van der Waals surface area contributed by atoms with Gasteiger partial charge in [-0.15, -0.1) is 0 Å². The molecule has 0 atom stereocenters. The van der Waals surface area contributed by atoms with Gasteiger partial charge in [-0.05, 0) is 45.8 Å². The number of nitrogens with zero attached hydrogens (tertiary/aromatic N) is 3. The van der Waals surface area contributed by atoms with E-state index in [1.54, 1.807) is 4.90 Å². The van der Waals surface area contributed by atoms with Crippen LogP contribution in [0.3, 0.4) is 0 Å². The van der Waals surface area contributed by atoms with Crippen molar-refractivity contribution >= 4 is 12.0 Å². The number of rotatable bonds is 2. The number of hydrogen-bond donors (Lipinski definition) is 1. The molecule has 6 heteroatoms. The van der Waals surface area contributed by atoms with Crippen LogP contribution in [0.25, 0.3) is 0 Å². The van der Waals surface area contributed by atoms with E-state index in [2.05, 4.69) is 11.9 Å². The number of carbonyl (C=O) groups excluding carboxylic acids is 1. The van der Waals surface area contributed by atoms with E-state index in [4.69, 9.17) is 5.11 Å². The second kappa shape index (κ2) is 6.43. The second-order valence-corrected chi connectivity index (χ2v) is 6.03. The van der Waals surface area contributed by atoms with Gasteiger partial charge in [-0.2, -0.15) is 0 Å². The van der Waals surface area contributed by atoms with Crippen LogP contribution < -0.4 is 0 Å². The predicted molar refractivity (Wildman–Crippen MR) is 75.6 cm³/mol. The first-order chi connectivity index (χ1) is 9.49. The lowest BCUT2D eigenvalue weighted by Crippen LogP contribution is -2.51. The minimum Gasteiger partial charge on any atom is -0.481 e. The van der Waals surface area contributed by atoms with Gasteiger partial charge < -0.3 is 19.8 Å². The number of carbonyl (C=O) groups is 2. The van der Waals surface area contributed by atoms with Crippen molar-refractivity contribution < 1.29 is 14.7 Å². The van der Waals surface area contributed by atoms with Gasteiger partial charge in [-0.25, -0.2) is 4.79 Å². The number of aliphatic carboxylic acids is 1. The van der Waals surface area contributed by atoms with Crippen LogP contribution in [0.15, 0.2) is 0 Å². The SMILES string of the molecule is CN1CCC(N(C)C(=O)N2CCC(C(=O)O)CC2)CC1. The molecule has 0 aliphatic carbocycles. The highest BCUT2D eigenvalue weighted by Crippen LogP contribution is 2.21. The minimum atomic E-state index is -0.735. The second-order valence-electron chi connectivity index (χ2n) is 6.03. The average molecular weight is 283 g/mol. The molecule has 0 spiro atoms. The summed E-state index contributed by atoms with van der Waals surface area (Å²) in [5.41, 5.74) is 0. The van der Waals surface area contributed by atoms with Crippen LogP contribution in [0.2, 0.25) is 0 Å². The zero-order valence-corrected chi connectivity index (χ0v) is 12.4. The summed E-state index contributed by atoms with van der Waals surface area (Å²) >= 11 is 0. The molecular formula is C14H25N3O3. The molecule has 0 unspecified atom stereocenters. The molecule has 0 bridgehead atoms. The lowest BCUT2D eigenvalue weighted by Gasteiger charge is -2.39. The topological polar surface area (TPSA) is 64.1 Å². The van der Waals surface area contributed by atoms with Crippen molar-refractivity contribution in [1.29, 1.82) is 0 Å². The van der Waals surface area contributed by atoms with Crippen molar-refractivity contribution in [1.82, 2.24) is 14.7 Å². The first-order valence-electron chi connectivity index (χ1n) is 7.42. The van der Waals surface area contributed by atoms with Crippen LogP contribution >= 0.6 is 0 Å². The molecule has 2 aliphatic rings. The van der Waals surface area contributed by atoms with Crippen molar-refractivity contribution in [2.24, 2.45) is 5.92 Å². The number of piperidine rings is 2. The maximum absolute atomic E-state index is 12.4. The molecule has 0 saturated carbocycles. The summed E-state index contributed by atoms with van der Waals surface area (Å²) in [4.78, 5) is 29.3. The summed E-state index contributed by atoms with van der Waals surface area (Å²) in [6.07, 6.45) is 3.18. The van der Waals surface area contributed by atoms with Crippen LogP contribution in [0.1, 0.15) is 25.7 Å². The minimum absolute atomic E-state index is 0.0587. The Bertz CT molecular complexity index is 359. The fraction of sp³-hybridized carbons (Fsp3) is 0.857. The fourth-order valence-electron chi connectivity index (χ4n) is 3.08. The normalized spacial score (nSPS) is 22.8. The van der Waals surface area contributed by atoms with Crippen LogP contribution in [-0.2, 0) is 4.79 Å². The summed E-state index contributed by atoms with van der Waals surface area (Å²) in [6.45, 7) is 3.19. The molecule has 2 heterocycles. The van der Waals surface area contributed by atoms with E-state index in [1.165, 1.54) is 0 Å². The Balaban J connectivity index is 1.84. The van der Waals surface area contributed by atoms with E-state index in [1.807, 2.05) is 11.9 Å². The molecule has 2 saturated heterocycles. The molecule has 2 aliphatic heterocycles. The maximum Gasteiger partial charge on any atom is 0.319 e. The van der Waals surface area contributed by atoms with E-state index in [0.29, 0.717) is 32.0 Å². The molecule has 2 fully saturated rings. The van der Waals surface area contributed by atoms with E-state index in [0.717, 1.165) is 25.9 Å². The van der Waals surface area contributed by atoms with Crippen LogP contribution in [-0.4, -0.2) is 78.1 Å². The zero-order chi connectivity index (χ0) is 14.7. The smallest absolute Gasteiger partial charge is 0.319 e. The molecule has 20 heavy (non-hydrogen) atoms. The van der Waals surface area contributed by atoms with E-state index in [-0.39, 0.29) is 11.9 Å². The third kappa shape index (κ3) is 3.42. The van der Waals surface area contributed by atoms with Gasteiger partial charge in [-0.1, -0.05) is 0 Å². The standard InChI is InChI=1S/C14H25N3O3/c1-15-7-5-12(6-8-15)16(2)14(20)17-9-3-11(4-10-17)13(18)19/h11-12H,3-10H2,1-2H3,(H,18,19). The third-order valence-corrected chi connectivity index (χ3v) is 4.65. The molecule has 0 aromatic heterocycles. The largest absolute Gasteiger partial charge is 0.481 e. The lowest BCUT2D eigenvalue weighted by atomic mass is 9.97. The molecule has 2 rings (SSSR count). The van der Waals surface area contributed by atoms with Gasteiger partial charge in [0.25, 0.3) is 0 Å². The number of hydrogen-bond acceptors (Lipinski definition) is 3. The van der Waals surface area contributed by atoms with Gasteiger partial charge >= 0.3 is 12.0 Å². The molecule has 0 aromatic rings. The summed E-state index contributed by atoms with van der Waals surface area (Å²) < 4.78 is 0. The summed E-state index contributed by atoms with van der Waals surface area (Å²) in [7, 11) is 3.98. The highest BCUT2D eigenvalue weighted by Gasteiger charge is 2.31. The highest BCUT2D eigenvalue weighted by atomic mass is 16.4. The van der Waals surface area contributed by atoms with E-state index >= 15 is 0 Å². The van der Waals surface area contributed by atoms with Gasteiger partial charge in [0.2, 0.25) is 0 Å². The fourth-order valence-corrected chi connectivity index (χ4v) is 3.08. The summed E-state index contributed by atoms with van der Waals surface area (Å²) in [5.74, 6) is -1.02. The average Bonchev–Trinajstić information content (AvgIpc) is 2.46. The summed E-state index contributed by atoms with van der Waals surface area (Å²) in [5, 5.41) is 8.98. The molecular weight excluding hydrogens is 258 g/mol. The van der Waals surface area contributed by atoms with Gasteiger partial charge in [0.05, 0.1) is 5.92 Å². The molecule has 0 aromatic carbocycles. The number of urea groups is 1. The molecule has 2 amide bonds. The number of carboxylic acid groups (broad SMARTS) is 1. The van der Waals surface area contributed by atoms with Crippen molar-refractivity contribution in [3.05, 3.63) is 0 Å². The monoisotopic (exact) mass is 283 g/mol. The summed E-state index contributed by atoms with van der Waals surface area (Å²) in [6, 6.07) is 0.374. The van der Waals surface area contributed by atoms with Gasteiger partial charge in [0, 0.05) is 26.2 Å². The third-order valence-electron chi connectivity index (χ3n) is 4.65. The molecule has 6 nitrogen and oxygen atoms in total. The van der Waals surface area contributed by atoms with Gasteiger partial charge in [0.1, 0.15) is 0 Å². The Morgan fingerprint density at radius 1 is 1.05 bits per heavy atom. The molecule has 114 valence electrons. The van der Waals surface area contributed by atoms with E-state index in [9.17, 15) is 9.59 Å². The van der Waals surface area contributed by atoms with Crippen molar-refractivity contribution in [3.8, 4) is 0 Å². The first kappa shape index (κ1) is 15.1. The van der Waals surface area contributed by atoms with Crippen molar-refractivity contribution in [2.45, 2.75) is 31.7 Å². The first-order valence-corrected chi connectivity index (χ1v) is 7.42. The van der Waals surface area contributed by atoms with Crippen LogP contribution in [0.5, 0.6) is 0 Å². The number of likely N-dealkylation sites (tertiary alicyclic amines) is 2. The van der Waals surface area contributed by atoms with Gasteiger partial charge in [0.15, 0.2) is 0 Å². The predicted octanol–water partition coefficient (Wildman–Crippen LogP) is 0.929. The number of carboxylic acids is 1. The van der Waals surface area contributed by atoms with Crippen LogP contribution in [0, 0.1) is 5.92 Å². The molecule has 0 radical (unpaired) electrons. The van der Waals surface area contributed by atoms with Crippen LogP contribution in [0.4, 0.5) is 4.79 Å². The highest BCUT2D eigenvalue weighted by molar-refractivity contribution is 5.75. The van der Waals surface area contributed by atoms with Crippen molar-refractivity contribution in [3.63, 3.8) is 0 Å². The van der Waals surface area contributed by atoms with Crippen molar-refractivity contribution in [2.75, 3.05) is 40.3 Å². The molecule has 1 N–H and O–H groups in total. The number of amides is 2. The Kier molecular flexibility index (Phi) is 4.86.